The van der Waals surface area contributed by atoms with Crippen LogP contribution in [-0.2, 0) is 5.41 Å². The van der Waals surface area contributed by atoms with Crippen molar-refractivity contribution in [2.24, 2.45) is 0 Å². The molecule has 11 aromatic rings. The van der Waals surface area contributed by atoms with E-state index < -0.39 is 0 Å². The van der Waals surface area contributed by atoms with Crippen LogP contribution >= 0.6 is 0 Å². The van der Waals surface area contributed by atoms with E-state index in [9.17, 15) is 0 Å². The molecule has 6 heteroatoms. The van der Waals surface area contributed by atoms with Gasteiger partial charge in [0.05, 0.1) is 27.8 Å². The van der Waals surface area contributed by atoms with E-state index in [-0.39, 0.29) is 5.41 Å². The smallest absolute Gasteiger partial charge is 0.238 e. The average molecular weight is 757 g/mol. The van der Waals surface area contributed by atoms with Gasteiger partial charge in [-0.1, -0.05) is 135 Å². The Hall–Kier alpha value is -7.70. The summed E-state index contributed by atoms with van der Waals surface area (Å²) in [6.07, 6.45) is 1.91. The van der Waals surface area contributed by atoms with E-state index in [1.54, 1.807) is 0 Å². The van der Waals surface area contributed by atoms with Crippen LogP contribution in [0.3, 0.4) is 0 Å². The van der Waals surface area contributed by atoms with E-state index >= 15 is 0 Å². The van der Waals surface area contributed by atoms with Gasteiger partial charge >= 0.3 is 0 Å². The summed E-state index contributed by atoms with van der Waals surface area (Å²) in [4.78, 5) is 20.0. The maximum Gasteiger partial charge on any atom is 0.238 e. The molecule has 0 saturated carbocycles. The van der Waals surface area contributed by atoms with Crippen molar-refractivity contribution < 1.29 is 0 Å². The lowest BCUT2D eigenvalue weighted by molar-refractivity contribution is 0.659. The molecule has 7 aromatic carbocycles. The highest BCUT2D eigenvalue weighted by molar-refractivity contribution is 6.12. The highest BCUT2D eigenvalue weighted by Gasteiger charge is 2.36. The molecule has 0 bridgehead atoms. The van der Waals surface area contributed by atoms with E-state index in [0.29, 0.717) is 17.6 Å². The van der Waals surface area contributed by atoms with Crippen LogP contribution in [0.4, 0.5) is 0 Å². The molecule has 1 aliphatic carbocycles. The van der Waals surface area contributed by atoms with Crippen LogP contribution in [0.25, 0.3) is 100 Å². The lowest BCUT2D eigenvalue weighted by Crippen LogP contribution is -2.15. The highest BCUT2D eigenvalue weighted by Crippen LogP contribution is 2.48. The normalized spacial score (nSPS) is 13.1. The number of hydrogen-bond donors (Lipinski definition) is 0. The summed E-state index contributed by atoms with van der Waals surface area (Å²) >= 11 is 0. The molecule has 278 valence electrons. The number of fused-ring (bicyclic) bond motifs is 9. The number of pyridine rings is 1. The van der Waals surface area contributed by atoms with Gasteiger partial charge in [0, 0.05) is 55.5 Å². The number of para-hydroxylation sites is 2. The van der Waals surface area contributed by atoms with Crippen molar-refractivity contribution in [2.45, 2.75) is 19.3 Å². The summed E-state index contributed by atoms with van der Waals surface area (Å²) in [5.74, 6) is 1.85. The van der Waals surface area contributed by atoms with Crippen LogP contribution < -0.4 is 0 Å². The zero-order valence-corrected chi connectivity index (χ0v) is 32.5. The van der Waals surface area contributed by atoms with Crippen LogP contribution in [0.5, 0.6) is 0 Å². The van der Waals surface area contributed by atoms with E-state index in [0.717, 1.165) is 55.4 Å². The lowest BCUT2D eigenvalue weighted by atomic mass is 9.83. The van der Waals surface area contributed by atoms with Crippen molar-refractivity contribution in [3.05, 3.63) is 193 Å². The molecule has 0 N–H and O–H groups in total. The van der Waals surface area contributed by atoms with Gasteiger partial charge in [0.2, 0.25) is 5.95 Å². The Morgan fingerprint density at radius 1 is 0.407 bits per heavy atom. The minimum atomic E-state index is -0.0951. The number of aromatic nitrogens is 6. The standard InChI is InChI=1S/C53H36N6/c1-53(2)43-26-25-37(32-42(43)49-44(53)20-13-29-54-49)58-45-21-11-9-18-38(45)40-30-35(23-27-47(40)58)36-24-28-48-41(31-36)39-19-10-12-22-46(39)59(48)52-56-50(33-14-5-3-6-15-33)55-51(57-52)34-16-7-4-8-17-34/h3-32H,1-2H3. The molecule has 0 atom stereocenters. The monoisotopic (exact) mass is 756 g/mol. The fourth-order valence-electron chi connectivity index (χ4n) is 9.38. The second kappa shape index (κ2) is 12.7. The molecular formula is C53H36N6. The van der Waals surface area contributed by atoms with Crippen LogP contribution in [0.2, 0.25) is 0 Å². The van der Waals surface area contributed by atoms with Gasteiger partial charge in [-0.25, -0.2) is 4.98 Å². The second-order valence-electron chi connectivity index (χ2n) is 15.9. The molecule has 4 heterocycles. The third-order valence-electron chi connectivity index (χ3n) is 12.2. The van der Waals surface area contributed by atoms with Gasteiger partial charge in [-0.05, 0) is 76.9 Å². The van der Waals surface area contributed by atoms with Crippen LogP contribution in [0, 0.1) is 0 Å². The van der Waals surface area contributed by atoms with Crippen molar-refractivity contribution in [3.63, 3.8) is 0 Å². The summed E-state index contributed by atoms with van der Waals surface area (Å²) < 4.78 is 4.58. The van der Waals surface area contributed by atoms with Crippen molar-refractivity contribution in [3.8, 4) is 56.8 Å². The number of rotatable bonds is 5. The first-order valence-electron chi connectivity index (χ1n) is 20.1. The van der Waals surface area contributed by atoms with Gasteiger partial charge in [0.1, 0.15) is 0 Å². The third kappa shape index (κ3) is 5.06. The molecular weight excluding hydrogens is 721 g/mol. The van der Waals surface area contributed by atoms with Gasteiger partial charge in [-0.2, -0.15) is 9.97 Å². The quantitative estimate of drug-likeness (QED) is 0.175. The SMILES string of the molecule is CC1(C)c2ccc(-n3c4ccccc4c4cc(-c5ccc6c(c5)c5ccccc5n6-c5nc(-c6ccccc6)nc(-c6ccccc6)n5)ccc43)cc2-c2ncccc21. The van der Waals surface area contributed by atoms with Gasteiger partial charge in [0.25, 0.3) is 0 Å². The van der Waals surface area contributed by atoms with Crippen molar-refractivity contribution in [1.82, 2.24) is 29.1 Å². The first kappa shape index (κ1) is 33.4. The van der Waals surface area contributed by atoms with Crippen LogP contribution in [0.1, 0.15) is 25.0 Å². The molecule has 6 nitrogen and oxygen atoms in total. The number of nitrogens with zero attached hydrogens (tertiary/aromatic N) is 6. The average Bonchev–Trinajstić information content (AvgIpc) is 3.89. The number of hydrogen-bond acceptors (Lipinski definition) is 4. The van der Waals surface area contributed by atoms with E-state index in [4.69, 9.17) is 19.9 Å². The maximum absolute atomic E-state index is 5.12. The Bertz CT molecular complexity index is 3410. The van der Waals surface area contributed by atoms with Crippen LogP contribution in [0.15, 0.2) is 182 Å². The molecule has 1 aliphatic rings. The Morgan fingerprint density at radius 2 is 0.949 bits per heavy atom. The van der Waals surface area contributed by atoms with Gasteiger partial charge in [-0.15, -0.1) is 0 Å². The Morgan fingerprint density at radius 3 is 1.58 bits per heavy atom. The van der Waals surface area contributed by atoms with Gasteiger partial charge < -0.3 is 4.57 Å². The second-order valence-corrected chi connectivity index (χ2v) is 15.9. The topological polar surface area (TPSA) is 61.4 Å². The summed E-state index contributed by atoms with van der Waals surface area (Å²) in [6.45, 7) is 4.60. The minimum absolute atomic E-state index is 0.0951. The van der Waals surface area contributed by atoms with Crippen molar-refractivity contribution in [2.75, 3.05) is 0 Å². The molecule has 0 radical (unpaired) electrons. The largest absolute Gasteiger partial charge is 0.309 e. The molecule has 4 aromatic heterocycles. The van der Waals surface area contributed by atoms with Gasteiger partial charge in [-0.3, -0.25) is 9.55 Å². The van der Waals surface area contributed by atoms with E-state index in [1.807, 2.05) is 72.9 Å². The highest BCUT2D eigenvalue weighted by atomic mass is 15.2. The molecule has 0 spiro atoms. The zero-order chi connectivity index (χ0) is 39.2. The molecule has 0 saturated heterocycles. The lowest BCUT2D eigenvalue weighted by Gasteiger charge is -2.21. The summed E-state index contributed by atoms with van der Waals surface area (Å²) in [5.41, 5.74) is 14.5. The fraction of sp³-hybridized carbons (Fsp3) is 0.0566. The zero-order valence-electron chi connectivity index (χ0n) is 32.5. The molecule has 59 heavy (non-hydrogen) atoms. The predicted octanol–water partition coefficient (Wildman–Crippen LogP) is 12.8. The van der Waals surface area contributed by atoms with Crippen molar-refractivity contribution in [1.29, 1.82) is 0 Å². The van der Waals surface area contributed by atoms with Crippen LogP contribution in [-0.4, -0.2) is 29.1 Å². The first-order valence-corrected chi connectivity index (χ1v) is 20.1. The molecule has 0 amide bonds. The summed E-state index contributed by atoms with van der Waals surface area (Å²) in [7, 11) is 0. The molecule has 0 fully saturated rings. The van der Waals surface area contributed by atoms with Gasteiger partial charge in [0.15, 0.2) is 11.6 Å². The summed E-state index contributed by atoms with van der Waals surface area (Å²) in [5, 5.41) is 4.71. The maximum atomic E-state index is 5.12. The molecule has 0 aliphatic heterocycles. The molecule has 12 rings (SSSR count). The summed E-state index contributed by atoms with van der Waals surface area (Å²) in [6, 6.07) is 62.3. The Balaban J connectivity index is 1.02. The fourth-order valence-corrected chi connectivity index (χ4v) is 9.38. The minimum Gasteiger partial charge on any atom is -0.309 e. The van der Waals surface area contributed by atoms with E-state index in [1.165, 1.54) is 38.5 Å². The number of benzene rings is 7. The van der Waals surface area contributed by atoms with Crippen molar-refractivity contribution >= 4 is 43.6 Å². The van der Waals surface area contributed by atoms with E-state index in [2.05, 4.69) is 132 Å². The Labute approximate surface area is 340 Å². The molecule has 0 unspecified atom stereocenters. The Kier molecular flexibility index (Phi) is 7.17. The first-order chi connectivity index (χ1) is 29.0. The third-order valence-corrected chi connectivity index (χ3v) is 12.2. The predicted molar refractivity (Wildman–Crippen MR) is 240 cm³/mol.